The number of fused-ring (bicyclic) bond motifs is 1. The molecule has 32 heavy (non-hydrogen) atoms. The zero-order valence-electron chi connectivity index (χ0n) is 16.9. The predicted molar refractivity (Wildman–Crippen MR) is 116 cm³/mol. The highest BCUT2D eigenvalue weighted by Crippen LogP contribution is 2.30. The van der Waals surface area contributed by atoms with Crippen molar-refractivity contribution in [3.05, 3.63) is 87.2 Å². The van der Waals surface area contributed by atoms with Gasteiger partial charge in [-0.05, 0) is 48.9 Å². The number of carbonyl (C=O) groups is 2. The SMILES string of the molecule is CC(NC(=O)c1ccc2[nH]ncc2c1)c1ccc(C(=O)Cc2cccc(C(F)(F)F)c2)s1. The zero-order chi connectivity index (χ0) is 22.9. The fourth-order valence-corrected chi connectivity index (χ4v) is 4.25. The molecular formula is C23H18F3N3O2S. The molecule has 2 aromatic heterocycles. The zero-order valence-corrected chi connectivity index (χ0v) is 17.7. The number of benzene rings is 2. The first-order valence-electron chi connectivity index (χ1n) is 9.74. The Labute approximate surface area is 185 Å². The molecule has 9 heteroatoms. The van der Waals surface area contributed by atoms with E-state index >= 15 is 0 Å². The van der Waals surface area contributed by atoms with E-state index in [0.717, 1.165) is 27.9 Å². The van der Waals surface area contributed by atoms with Gasteiger partial charge in [0, 0.05) is 22.2 Å². The molecule has 0 saturated carbocycles. The van der Waals surface area contributed by atoms with Crippen LogP contribution in [0.25, 0.3) is 10.9 Å². The lowest BCUT2D eigenvalue weighted by Crippen LogP contribution is -2.26. The Hall–Kier alpha value is -3.46. The van der Waals surface area contributed by atoms with Crippen LogP contribution >= 0.6 is 11.3 Å². The molecule has 0 bridgehead atoms. The van der Waals surface area contributed by atoms with Gasteiger partial charge in [0.25, 0.3) is 5.91 Å². The number of rotatable bonds is 6. The molecule has 0 fully saturated rings. The van der Waals surface area contributed by atoms with Crippen molar-refractivity contribution >= 4 is 33.9 Å². The molecular weight excluding hydrogens is 439 g/mol. The molecule has 1 amide bonds. The average Bonchev–Trinajstić information content (AvgIpc) is 3.42. The number of Topliss-reactive ketones (excluding diaryl/α,β-unsaturated/α-hetero) is 1. The molecule has 2 aromatic carbocycles. The third-order valence-electron chi connectivity index (χ3n) is 5.00. The minimum atomic E-state index is -4.45. The maximum atomic E-state index is 12.9. The van der Waals surface area contributed by atoms with Gasteiger partial charge >= 0.3 is 6.18 Å². The first-order chi connectivity index (χ1) is 15.2. The molecule has 0 aliphatic heterocycles. The molecule has 4 rings (SSSR count). The van der Waals surface area contributed by atoms with Gasteiger partial charge in [-0.1, -0.05) is 18.2 Å². The van der Waals surface area contributed by atoms with Crippen LogP contribution < -0.4 is 5.32 Å². The maximum absolute atomic E-state index is 12.9. The standard InChI is InChI=1S/C23H18F3N3O2S/c1-13(28-22(31)15-5-6-18-16(11-15)12-27-29-18)20-7-8-21(32-20)19(30)10-14-3-2-4-17(9-14)23(24,25)26/h2-9,11-13H,10H2,1H3,(H,27,29)(H,28,31). The second kappa shape index (κ2) is 8.58. The molecule has 1 unspecified atom stereocenters. The second-order valence-electron chi connectivity index (χ2n) is 7.37. The fourth-order valence-electron chi connectivity index (χ4n) is 3.30. The van der Waals surface area contributed by atoms with Gasteiger partial charge in [0.05, 0.1) is 28.2 Å². The van der Waals surface area contributed by atoms with E-state index in [1.807, 2.05) is 0 Å². The van der Waals surface area contributed by atoms with Crippen molar-refractivity contribution in [3.8, 4) is 0 Å². The molecule has 164 valence electrons. The number of hydrogen-bond donors (Lipinski definition) is 2. The molecule has 0 aliphatic carbocycles. The summed E-state index contributed by atoms with van der Waals surface area (Å²) in [4.78, 5) is 26.4. The van der Waals surface area contributed by atoms with E-state index < -0.39 is 11.7 Å². The van der Waals surface area contributed by atoms with Crippen LogP contribution in [0.5, 0.6) is 0 Å². The van der Waals surface area contributed by atoms with Gasteiger partial charge in [-0.15, -0.1) is 11.3 Å². The Morgan fingerprint density at radius 2 is 1.94 bits per heavy atom. The Bertz CT molecular complexity index is 1290. The number of thiophene rings is 1. The number of nitrogens with zero attached hydrogens (tertiary/aromatic N) is 1. The van der Waals surface area contributed by atoms with E-state index in [2.05, 4.69) is 15.5 Å². The first-order valence-corrected chi connectivity index (χ1v) is 10.6. The highest BCUT2D eigenvalue weighted by molar-refractivity contribution is 7.14. The number of aromatic amines is 1. The minimum Gasteiger partial charge on any atom is -0.345 e. The van der Waals surface area contributed by atoms with Crippen molar-refractivity contribution in [2.24, 2.45) is 0 Å². The topological polar surface area (TPSA) is 74.8 Å². The van der Waals surface area contributed by atoms with Gasteiger partial charge in [0.2, 0.25) is 0 Å². The number of halogens is 3. The number of carbonyl (C=O) groups excluding carboxylic acids is 2. The monoisotopic (exact) mass is 457 g/mol. The summed E-state index contributed by atoms with van der Waals surface area (Å²) in [6.07, 6.45) is -2.95. The van der Waals surface area contributed by atoms with E-state index in [9.17, 15) is 22.8 Å². The van der Waals surface area contributed by atoms with Crippen molar-refractivity contribution in [2.75, 3.05) is 0 Å². The highest BCUT2D eigenvalue weighted by atomic mass is 32.1. The lowest BCUT2D eigenvalue weighted by atomic mass is 10.0. The van der Waals surface area contributed by atoms with Gasteiger partial charge in [-0.3, -0.25) is 14.7 Å². The van der Waals surface area contributed by atoms with Gasteiger partial charge in [0.15, 0.2) is 5.78 Å². The third kappa shape index (κ3) is 4.72. The molecule has 2 heterocycles. The number of aromatic nitrogens is 2. The summed E-state index contributed by atoms with van der Waals surface area (Å²) < 4.78 is 38.7. The lowest BCUT2D eigenvalue weighted by molar-refractivity contribution is -0.137. The number of amides is 1. The molecule has 0 saturated heterocycles. The van der Waals surface area contributed by atoms with Gasteiger partial charge in [0.1, 0.15) is 0 Å². The summed E-state index contributed by atoms with van der Waals surface area (Å²) in [6.45, 7) is 1.81. The normalized spacial score (nSPS) is 12.6. The van der Waals surface area contributed by atoms with Crippen LogP contribution in [0.15, 0.2) is 60.8 Å². The number of ketones is 1. The summed E-state index contributed by atoms with van der Waals surface area (Å²) in [5.41, 5.74) is 0.843. The predicted octanol–water partition coefficient (Wildman–Crippen LogP) is 5.56. The lowest BCUT2D eigenvalue weighted by Gasteiger charge is -2.12. The molecule has 2 N–H and O–H groups in total. The number of hydrogen-bond acceptors (Lipinski definition) is 4. The molecule has 5 nitrogen and oxygen atoms in total. The first kappa shape index (κ1) is 21.8. The smallest absolute Gasteiger partial charge is 0.345 e. The molecule has 0 spiro atoms. The van der Waals surface area contributed by atoms with Crippen LogP contribution in [0.2, 0.25) is 0 Å². The number of H-pyrrole nitrogens is 1. The van der Waals surface area contributed by atoms with Gasteiger partial charge in [-0.2, -0.15) is 18.3 Å². The van der Waals surface area contributed by atoms with Crippen LogP contribution in [0.4, 0.5) is 13.2 Å². The average molecular weight is 457 g/mol. The van der Waals surface area contributed by atoms with Crippen LogP contribution in [-0.4, -0.2) is 21.9 Å². The van der Waals surface area contributed by atoms with E-state index in [1.54, 1.807) is 43.5 Å². The van der Waals surface area contributed by atoms with Crippen molar-refractivity contribution < 1.29 is 22.8 Å². The van der Waals surface area contributed by atoms with Crippen molar-refractivity contribution in [1.29, 1.82) is 0 Å². The third-order valence-corrected chi connectivity index (χ3v) is 6.31. The van der Waals surface area contributed by atoms with Crippen LogP contribution in [0, 0.1) is 0 Å². The number of nitrogens with one attached hydrogen (secondary N) is 2. The van der Waals surface area contributed by atoms with Crippen molar-refractivity contribution in [1.82, 2.24) is 15.5 Å². The number of alkyl halides is 3. The molecule has 1 atom stereocenters. The van der Waals surface area contributed by atoms with E-state index in [4.69, 9.17) is 0 Å². The van der Waals surface area contributed by atoms with E-state index in [-0.39, 0.29) is 24.2 Å². The minimum absolute atomic E-state index is 0.130. The Morgan fingerprint density at radius 1 is 1.12 bits per heavy atom. The summed E-state index contributed by atoms with van der Waals surface area (Å²) >= 11 is 1.22. The van der Waals surface area contributed by atoms with E-state index in [1.165, 1.54) is 23.5 Å². The van der Waals surface area contributed by atoms with Crippen LogP contribution in [0.1, 0.15) is 49.0 Å². The molecule has 0 aliphatic rings. The maximum Gasteiger partial charge on any atom is 0.416 e. The second-order valence-corrected chi connectivity index (χ2v) is 8.48. The summed E-state index contributed by atoms with van der Waals surface area (Å²) in [6, 6.07) is 13.0. The van der Waals surface area contributed by atoms with Crippen LogP contribution in [0.3, 0.4) is 0 Å². The summed E-state index contributed by atoms with van der Waals surface area (Å²) in [5.74, 6) is -0.532. The quantitative estimate of drug-likeness (QED) is 0.372. The molecule has 4 aromatic rings. The summed E-state index contributed by atoms with van der Waals surface area (Å²) in [5, 5.41) is 10.5. The van der Waals surface area contributed by atoms with E-state index in [0.29, 0.717) is 16.0 Å². The van der Waals surface area contributed by atoms with Crippen molar-refractivity contribution in [3.63, 3.8) is 0 Å². The van der Waals surface area contributed by atoms with Crippen molar-refractivity contribution in [2.45, 2.75) is 25.6 Å². The van der Waals surface area contributed by atoms with Gasteiger partial charge in [-0.25, -0.2) is 0 Å². The Balaban J connectivity index is 1.42. The fraction of sp³-hybridized carbons (Fsp3) is 0.174. The van der Waals surface area contributed by atoms with Crippen LogP contribution in [-0.2, 0) is 12.6 Å². The Morgan fingerprint density at radius 3 is 2.72 bits per heavy atom. The van der Waals surface area contributed by atoms with Gasteiger partial charge < -0.3 is 5.32 Å². The largest absolute Gasteiger partial charge is 0.416 e. The molecule has 0 radical (unpaired) electrons. The highest BCUT2D eigenvalue weighted by Gasteiger charge is 2.30. The summed E-state index contributed by atoms with van der Waals surface area (Å²) in [7, 11) is 0. The Kier molecular flexibility index (Phi) is 5.84.